The topological polar surface area (TPSA) is 21.3 Å². The van der Waals surface area contributed by atoms with Gasteiger partial charge in [-0.15, -0.1) is 0 Å². The fourth-order valence-corrected chi connectivity index (χ4v) is 3.54. The number of ether oxygens (including phenoxy) is 1. The van der Waals surface area contributed by atoms with Crippen LogP contribution in [0.3, 0.4) is 0 Å². The van der Waals surface area contributed by atoms with Crippen LogP contribution in [0, 0.1) is 0 Å². The van der Waals surface area contributed by atoms with Crippen molar-refractivity contribution in [3.63, 3.8) is 0 Å². The van der Waals surface area contributed by atoms with Gasteiger partial charge in [0.2, 0.25) is 0 Å². The Labute approximate surface area is 123 Å². The molecule has 0 saturated carbocycles. The number of halogens is 2. The van der Waals surface area contributed by atoms with E-state index in [4.69, 9.17) is 0 Å². The number of alkyl halides is 2. The molecule has 1 aliphatic rings. The summed E-state index contributed by atoms with van der Waals surface area (Å²) in [5.74, 6) is 2.69. The van der Waals surface area contributed by atoms with Crippen LogP contribution in [0.15, 0.2) is 24.3 Å². The Morgan fingerprint density at radius 1 is 1.35 bits per heavy atom. The maximum absolute atomic E-state index is 12.0. The summed E-state index contributed by atoms with van der Waals surface area (Å²) in [6, 6.07) is 8.05. The third-order valence-corrected chi connectivity index (χ3v) is 4.63. The van der Waals surface area contributed by atoms with Crippen molar-refractivity contribution >= 4 is 11.8 Å². The average Bonchev–Trinajstić information content (AvgIpc) is 2.90. The molecule has 112 valence electrons. The van der Waals surface area contributed by atoms with Crippen LogP contribution < -0.4 is 10.1 Å². The lowest BCUT2D eigenvalue weighted by Gasteiger charge is -2.18. The van der Waals surface area contributed by atoms with Gasteiger partial charge in [-0.3, -0.25) is 0 Å². The second-order valence-electron chi connectivity index (χ2n) is 5.19. The van der Waals surface area contributed by atoms with Gasteiger partial charge in [-0.25, -0.2) is 0 Å². The van der Waals surface area contributed by atoms with Gasteiger partial charge in [0.1, 0.15) is 5.75 Å². The predicted molar refractivity (Wildman–Crippen MR) is 79.7 cm³/mol. The van der Waals surface area contributed by atoms with Gasteiger partial charge in [0, 0.05) is 17.8 Å². The Morgan fingerprint density at radius 2 is 2.10 bits per heavy atom. The molecule has 0 spiro atoms. The normalized spacial score (nSPS) is 20.3. The number of nitrogens with one attached hydrogen (secondary N) is 1. The molecule has 5 heteroatoms. The minimum Gasteiger partial charge on any atom is -0.435 e. The van der Waals surface area contributed by atoms with E-state index in [9.17, 15) is 8.78 Å². The van der Waals surface area contributed by atoms with Crippen molar-refractivity contribution in [2.24, 2.45) is 0 Å². The molecule has 2 unspecified atom stereocenters. The molecule has 2 atom stereocenters. The van der Waals surface area contributed by atoms with Crippen LogP contribution in [0.1, 0.15) is 25.3 Å². The van der Waals surface area contributed by atoms with E-state index in [2.05, 4.69) is 17.0 Å². The Kier molecular flexibility index (Phi) is 6.10. The highest BCUT2D eigenvalue weighted by atomic mass is 32.2. The first kappa shape index (κ1) is 15.6. The van der Waals surface area contributed by atoms with Crippen molar-refractivity contribution in [1.82, 2.24) is 5.32 Å². The summed E-state index contributed by atoms with van der Waals surface area (Å²) in [5, 5.41) is 3.64. The number of thioether (sulfide) groups is 1. The van der Waals surface area contributed by atoms with Crippen LogP contribution in [0.2, 0.25) is 0 Å². The standard InChI is InChI=1S/C15H21F2NOS/c1-11(18-13-8-9-20-10-13)2-3-12-4-6-14(7-5-12)19-15(16)17/h4-7,11,13,15,18H,2-3,8-10H2,1H3. The van der Waals surface area contributed by atoms with Gasteiger partial charge in [-0.1, -0.05) is 12.1 Å². The maximum Gasteiger partial charge on any atom is 0.387 e. The van der Waals surface area contributed by atoms with Crippen molar-refractivity contribution in [2.75, 3.05) is 11.5 Å². The van der Waals surface area contributed by atoms with Crippen molar-refractivity contribution in [3.8, 4) is 5.75 Å². The van der Waals surface area contributed by atoms with Crippen molar-refractivity contribution in [1.29, 1.82) is 0 Å². The zero-order chi connectivity index (χ0) is 14.4. The van der Waals surface area contributed by atoms with E-state index in [1.165, 1.54) is 17.9 Å². The fourth-order valence-electron chi connectivity index (χ4n) is 2.37. The predicted octanol–water partition coefficient (Wildman–Crippen LogP) is 3.70. The van der Waals surface area contributed by atoms with Crippen molar-refractivity contribution in [2.45, 2.75) is 44.9 Å². The monoisotopic (exact) mass is 301 g/mol. The van der Waals surface area contributed by atoms with Gasteiger partial charge in [-0.05, 0) is 49.6 Å². The van der Waals surface area contributed by atoms with Crippen molar-refractivity contribution in [3.05, 3.63) is 29.8 Å². The van der Waals surface area contributed by atoms with Crippen LogP contribution in [-0.2, 0) is 6.42 Å². The number of rotatable bonds is 7. The molecule has 2 nitrogen and oxygen atoms in total. The molecule has 0 bridgehead atoms. The largest absolute Gasteiger partial charge is 0.435 e. The number of aryl methyl sites for hydroxylation is 1. The number of hydrogen-bond donors (Lipinski definition) is 1. The second-order valence-corrected chi connectivity index (χ2v) is 6.34. The van der Waals surface area contributed by atoms with Crippen LogP contribution in [0.25, 0.3) is 0 Å². The van der Waals surface area contributed by atoms with Gasteiger partial charge in [0.05, 0.1) is 0 Å². The van der Waals surface area contributed by atoms with E-state index in [1.54, 1.807) is 12.1 Å². The van der Waals surface area contributed by atoms with E-state index < -0.39 is 6.61 Å². The van der Waals surface area contributed by atoms with Crippen LogP contribution in [0.5, 0.6) is 5.75 Å². The first-order valence-electron chi connectivity index (χ1n) is 7.01. The maximum atomic E-state index is 12.0. The minimum atomic E-state index is -2.76. The molecule has 1 aromatic rings. The number of benzene rings is 1. The summed E-state index contributed by atoms with van der Waals surface area (Å²) < 4.78 is 28.4. The first-order chi connectivity index (χ1) is 9.63. The van der Waals surface area contributed by atoms with E-state index in [0.29, 0.717) is 12.1 Å². The van der Waals surface area contributed by atoms with Gasteiger partial charge >= 0.3 is 6.61 Å². The third kappa shape index (κ3) is 5.29. The van der Waals surface area contributed by atoms with Gasteiger partial charge in [-0.2, -0.15) is 20.5 Å². The van der Waals surface area contributed by atoms with Crippen LogP contribution >= 0.6 is 11.8 Å². The summed E-state index contributed by atoms with van der Waals surface area (Å²) in [6.45, 7) is -0.550. The van der Waals surface area contributed by atoms with E-state index >= 15 is 0 Å². The highest BCUT2D eigenvalue weighted by molar-refractivity contribution is 7.99. The molecule has 0 aromatic heterocycles. The zero-order valence-electron chi connectivity index (χ0n) is 11.6. The lowest BCUT2D eigenvalue weighted by Crippen LogP contribution is -2.36. The molecule has 1 N–H and O–H groups in total. The summed E-state index contributed by atoms with van der Waals surface area (Å²) in [4.78, 5) is 0. The quantitative estimate of drug-likeness (QED) is 0.829. The second kappa shape index (κ2) is 7.84. The minimum absolute atomic E-state index is 0.220. The smallest absolute Gasteiger partial charge is 0.387 e. The van der Waals surface area contributed by atoms with E-state index in [-0.39, 0.29) is 5.75 Å². The molecule has 1 aromatic carbocycles. The molecule has 1 saturated heterocycles. The summed E-state index contributed by atoms with van der Waals surface area (Å²) >= 11 is 2.01. The lowest BCUT2D eigenvalue weighted by molar-refractivity contribution is -0.0498. The average molecular weight is 301 g/mol. The van der Waals surface area contributed by atoms with Crippen LogP contribution in [-0.4, -0.2) is 30.2 Å². The molecule has 1 fully saturated rings. The number of hydrogen-bond acceptors (Lipinski definition) is 3. The molecule has 2 rings (SSSR count). The molecular formula is C15H21F2NOS. The first-order valence-corrected chi connectivity index (χ1v) is 8.16. The zero-order valence-corrected chi connectivity index (χ0v) is 12.5. The molecule has 20 heavy (non-hydrogen) atoms. The molecule has 0 aliphatic carbocycles. The van der Waals surface area contributed by atoms with E-state index in [0.717, 1.165) is 18.4 Å². The fraction of sp³-hybridized carbons (Fsp3) is 0.600. The summed E-state index contributed by atoms with van der Waals surface area (Å²) in [7, 11) is 0. The van der Waals surface area contributed by atoms with E-state index in [1.807, 2.05) is 23.9 Å². The van der Waals surface area contributed by atoms with Crippen molar-refractivity contribution < 1.29 is 13.5 Å². The van der Waals surface area contributed by atoms with Gasteiger partial charge < -0.3 is 10.1 Å². The van der Waals surface area contributed by atoms with Crippen LogP contribution in [0.4, 0.5) is 8.78 Å². The lowest BCUT2D eigenvalue weighted by atomic mass is 10.1. The highest BCUT2D eigenvalue weighted by Gasteiger charge is 2.16. The Hall–Kier alpha value is -0.810. The molecule has 1 heterocycles. The Morgan fingerprint density at radius 3 is 2.70 bits per heavy atom. The summed E-state index contributed by atoms with van der Waals surface area (Å²) in [5.41, 5.74) is 1.15. The highest BCUT2D eigenvalue weighted by Crippen LogP contribution is 2.19. The third-order valence-electron chi connectivity index (χ3n) is 3.46. The Bertz CT molecular complexity index is 393. The SMILES string of the molecule is CC(CCc1ccc(OC(F)F)cc1)NC1CCSC1. The molecule has 1 aliphatic heterocycles. The van der Waals surface area contributed by atoms with Gasteiger partial charge in [0.15, 0.2) is 0 Å². The van der Waals surface area contributed by atoms with Gasteiger partial charge in [0.25, 0.3) is 0 Å². The Balaban J connectivity index is 1.72. The molecular weight excluding hydrogens is 280 g/mol. The molecule has 0 radical (unpaired) electrons. The molecule has 0 amide bonds. The summed E-state index contributed by atoms with van der Waals surface area (Å²) in [6.07, 6.45) is 3.26.